The molecule has 0 bridgehead atoms. The van der Waals surface area contributed by atoms with E-state index in [0.717, 1.165) is 82.8 Å². The number of alkyl halides is 6. The molecule has 0 unspecified atom stereocenters. The van der Waals surface area contributed by atoms with Gasteiger partial charge in [-0.1, -0.05) is 0 Å². The highest BCUT2D eigenvalue weighted by Crippen LogP contribution is 2.38. The zero-order valence-corrected chi connectivity index (χ0v) is 24.4. The molecular formula is C28H36F6N4O7. The van der Waals surface area contributed by atoms with Gasteiger partial charge in [0, 0.05) is 51.4 Å². The Morgan fingerprint density at radius 1 is 0.844 bits per heavy atom. The number of aromatic nitrogens is 1. The fourth-order valence-corrected chi connectivity index (χ4v) is 5.84. The van der Waals surface area contributed by atoms with Crippen molar-refractivity contribution in [3.63, 3.8) is 0 Å². The molecule has 1 aromatic heterocycles. The van der Waals surface area contributed by atoms with Crippen LogP contribution in [0.1, 0.15) is 55.3 Å². The zero-order valence-electron chi connectivity index (χ0n) is 24.4. The highest BCUT2D eigenvalue weighted by molar-refractivity contribution is 5.99. The topological polar surface area (TPSA) is 141 Å². The molecule has 11 nitrogen and oxygen atoms in total. The average Bonchev–Trinajstić information content (AvgIpc) is 3.67. The first-order valence-corrected chi connectivity index (χ1v) is 14.6. The van der Waals surface area contributed by atoms with Gasteiger partial charge in [-0.15, -0.1) is 0 Å². The minimum atomic E-state index is -5.08. The van der Waals surface area contributed by atoms with Crippen molar-refractivity contribution in [2.75, 3.05) is 50.8 Å². The van der Waals surface area contributed by atoms with Gasteiger partial charge in [-0.2, -0.15) is 26.3 Å². The number of ether oxygens (including phenoxy) is 1. The summed E-state index contributed by atoms with van der Waals surface area (Å²) in [7, 11) is 0. The summed E-state index contributed by atoms with van der Waals surface area (Å²) in [5.41, 5.74) is 0.721. The first-order chi connectivity index (χ1) is 21.1. The van der Waals surface area contributed by atoms with E-state index in [-0.39, 0.29) is 17.9 Å². The summed E-state index contributed by atoms with van der Waals surface area (Å²) in [5, 5.41) is 14.2. The van der Waals surface area contributed by atoms with Crippen LogP contribution in [0, 0.1) is 11.8 Å². The van der Waals surface area contributed by atoms with Gasteiger partial charge in [0.05, 0.1) is 24.7 Å². The van der Waals surface area contributed by atoms with E-state index in [1.165, 1.54) is 6.42 Å². The molecule has 4 aliphatic rings. The van der Waals surface area contributed by atoms with Gasteiger partial charge in [0.1, 0.15) is 5.82 Å². The molecule has 252 valence electrons. The summed E-state index contributed by atoms with van der Waals surface area (Å²) < 4.78 is 69.6. The summed E-state index contributed by atoms with van der Waals surface area (Å²) in [6, 6.07) is 3.78. The highest BCUT2D eigenvalue weighted by Gasteiger charge is 2.43. The smallest absolute Gasteiger partial charge is 0.475 e. The molecule has 1 aromatic rings. The van der Waals surface area contributed by atoms with Gasteiger partial charge in [0.15, 0.2) is 0 Å². The van der Waals surface area contributed by atoms with E-state index >= 15 is 0 Å². The highest BCUT2D eigenvalue weighted by atomic mass is 19.4. The van der Waals surface area contributed by atoms with Crippen molar-refractivity contribution >= 4 is 29.6 Å². The normalized spacial score (nSPS) is 23.2. The number of hydrogen-bond acceptors (Lipinski definition) is 7. The van der Waals surface area contributed by atoms with E-state index in [9.17, 15) is 35.9 Å². The molecule has 4 fully saturated rings. The number of halogens is 6. The van der Waals surface area contributed by atoms with Crippen LogP contribution in [0.25, 0.3) is 0 Å². The lowest BCUT2D eigenvalue weighted by Crippen LogP contribution is -2.44. The summed E-state index contributed by atoms with van der Waals surface area (Å²) in [4.78, 5) is 54.4. The third-order valence-electron chi connectivity index (χ3n) is 8.07. The molecule has 4 aliphatic heterocycles. The third-order valence-corrected chi connectivity index (χ3v) is 8.07. The average molecular weight is 655 g/mol. The van der Waals surface area contributed by atoms with E-state index in [0.29, 0.717) is 24.9 Å². The van der Waals surface area contributed by atoms with Gasteiger partial charge in [0.25, 0.3) is 5.91 Å². The number of rotatable bonds is 4. The molecule has 45 heavy (non-hydrogen) atoms. The van der Waals surface area contributed by atoms with E-state index in [4.69, 9.17) is 24.5 Å². The minimum Gasteiger partial charge on any atom is -0.475 e. The first-order valence-electron chi connectivity index (χ1n) is 14.6. The lowest BCUT2D eigenvalue weighted by molar-refractivity contribution is -0.193. The number of pyridine rings is 1. The van der Waals surface area contributed by atoms with Crippen LogP contribution in [0.4, 0.5) is 32.2 Å². The van der Waals surface area contributed by atoms with Crippen LogP contribution < -0.4 is 4.90 Å². The standard InChI is InChI=1S/C24H34N4O3.2C2HF3O2/c29-22(26-10-2-1-3-11-26)15-21-19-8-14-28(16-18(19)17-31-21)23-20(7-6-9-25-23)24(30)27-12-4-5-13-27;2*3-2(4,5)1(6)7/h6-7,9,18-19,21H,1-5,8,10-17H2;2*(H,6,7)/t18-,19-,21+;;/m1../s1. The predicted molar refractivity (Wildman–Crippen MR) is 145 cm³/mol. The van der Waals surface area contributed by atoms with Gasteiger partial charge >= 0.3 is 24.3 Å². The maximum Gasteiger partial charge on any atom is 0.490 e. The Morgan fingerprint density at radius 3 is 1.93 bits per heavy atom. The molecule has 4 saturated heterocycles. The number of likely N-dealkylation sites (tertiary alicyclic amines) is 2. The molecule has 0 spiro atoms. The van der Waals surface area contributed by atoms with Crippen molar-refractivity contribution in [3.8, 4) is 0 Å². The predicted octanol–water partition coefficient (Wildman–Crippen LogP) is 3.83. The van der Waals surface area contributed by atoms with Gasteiger partial charge in [-0.25, -0.2) is 14.6 Å². The number of carbonyl (C=O) groups excluding carboxylic acids is 2. The Kier molecular flexibility index (Phi) is 12.4. The van der Waals surface area contributed by atoms with Crippen molar-refractivity contribution in [2.24, 2.45) is 11.8 Å². The Morgan fingerprint density at radius 2 is 1.38 bits per heavy atom. The largest absolute Gasteiger partial charge is 0.490 e. The molecule has 3 atom stereocenters. The quantitative estimate of drug-likeness (QED) is 0.464. The molecule has 0 saturated carbocycles. The van der Waals surface area contributed by atoms with Crippen molar-refractivity contribution in [1.82, 2.24) is 14.8 Å². The van der Waals surface area contributed by atoms with Gasteiger partial charge in [-0.3, -0.25) is 9.59 Å². The second kappa shape index (κ2) is 15.6. The number of hydrogen-bond donors (Lipinski definition) is 2. The molecule has 0 aliphatic carbocycles. The number of aliphatic carboxylic acids is 2. The van der Waals surface area contributed by atoms with E-state index < -0.39 is 24.3 Å². The van der Waals surface area contributed by atoms with Crippen LogP contribution in [-0.4, -0.2) is 113 Å². The second-order valence-electron chi connectivity index (χ2n) is 11.2. The van der Waals surface area contributed by atoms with Gasteiger partial charge < -0.3 is 29.6 Å². The Balaban J connectivity index is 0.000000331. The number of carbonyl (C=O) groups is 4. The van der Waals surface area contributed by atoms with Gasteiger partial charge in [0.2, 0.25) is 5.91 Å². The summed E-state index contributed by atoms with van der Waals surface area (Å²) in [5.74, 6) is -3.52. The molecule has 5 heterocycles. The van der Waals surface area contributed by atoms with Crippen molar-refractivity contribution in [1.29, 1.82) is 0 Å². The number of anilines is 1. The Labute approximate surface area is 255 Å². The fraction of sp³-hybridized carbons (Fsp3) is 0.679. The number of carboxylic acids is 2. The number of amides is 2. The minimum absolute atomic E-state index is 0.0380. The van der Waals surface area contributed by atoms with E-state index in [1.54, 1.807) is 6.20 Å². The van der Waals surface area contributed by atoms with Crippen LogP contribution in [-0.2, 0) is 19.1 Å². The zero-order chi connectivity index (χ0) is 33.4. The van der Waals surface area contributed by atoms with Crippen molar-refractivity contribution in [3.05, 3.63) is 23.9 Å². The number of piperidine rings is 2. The summed E-state index contributed by atoms with van der Waals surface area (Å²) >= 11 is 0. The lowest BCUT2D eigenvalue weighted by Gasteiger charge is -2.37. The molecule has 2 N–H and O–H groups in total. The third kappa shape index (κ3) is 10.2. The molecule has 0 aromatic carbocycles. The molecule has 0 radical (unpaired) electrons. The molecular weight excluding hydrogens is 618 g/mol. The summed E-state index contributed by atoms with van der Waals surface area (Å²) in [6.07, 6.45) is -1.18. The van der Waals surface area contributed by atoms with E-state index in [1.807, 2.05) is 21.9 Å². The maximum atomic E-state index is 13.1. The molecule has 2 amide bonds. The summed E-state index contributed by atoms with van der Waals surface area (Å²) in [6.45, 7) is 5.90. The van der Waals surface area contributed by atoms with Crippen molar-refractivity contribution in [2.45, 2.75) is 63.4 Å². The SMILES string of the molecule is O=C(C[C@@H]1OC[C@H]2CN(c3ncccc3C(=O)N3CCCC3)CC[C@H]21)N1CCCCC1.O=C(O)C(F)(F)F.O=C(O)C(F)(F)F. The Hall–Kier alpha value is -3.63. The van der Waals surface area contributed by atoms with Crippen LogP contribution in [0.3, 0.4) is 0 Å². The van der Waals surface area contributed by atoms with Crippen LogP contribution in [0.5, 0.6) is 0 Å². The number of nitrogens with zero attached hydrogens (tertiary/aromatic N) is 4. The van der Waals surface area contributed by atoms with Crippen LogP contribution in [0.2, 0.25) is 0 Å². The monoisotopic (exact) mass is 654 g/mol. The molecule has 5 rings (SSSR count). The fourth-order valence-electron chi connectivity index (χ4n) is 5.84. The van der Waals surface area contributed by atoms with Crippen LogP contribution in [0.15, 0.2) is 18.3 Å². The van der Waals surface area contributed by atoms with Crippen molar-refractivity contribution < 1.29 is 60.5 Å². The second-order valence-corrected chi connectivity index (χ2v) is 11.2. The van der Waals surface area contributed by atoms with E-state index in [2.05, 4.69) is 9.88 Å². The first kappa shape index (κ1) is 35.8. The molecule has 17 heteroatoms. The van der Waals surface area contributed by atoms with Crippen LogP contribution >= 0.6 is 0 Å². The Bertz CT molecular complexity index is 1160. The maximum absolute atomic E-state index is 13.1. The number of fused-ring (bicyclic) bond motifs is 1. The van der Waals surface area contributed by atoms with Gasteiger partial charge in [-0.05, 0) is 56.6 Å². The number of carboxylic acid groups (broad SMARTS) is 2. The lowest BCUT2D eigenvalue weighted by atomic mass is 9.83.